The third-order valence-corrected chi connectivity index (χ3v) is 2.85. The fourth-order valence-electron chi connectivity index (χ4n) is 1.62. The highest BCUT2D eigenvalue weighted by molar-refractivity contribution is 5.77. The van der Waals surface area contributed by atoms with E-state index in [0.29, 0.717) is 65.9 Å². The molecule has 0 spiro atoms. The van der Waals surface area contributed by atoms with E-state index in [0.717, 1.165) is 0 Å². The predicted molar refractivity (Wildman–Crippen MR) is 96.1 cm³/mol. The smallest absolute Gasteiger partial charge is 0.246 e. The summed E-state index contributed by atoms with van der Waals surface area (Å²) < 4.78 is 26.5. The van der Waals surface area contributed by atoms with Crippen LogP contribution in [0.25, 0.3) is 0 Å². The molecule has 0 aliphatic carbocycles. The molecule has 0 rings (SSSR count). The lowest BCUT2D eigenvalue weighted by atomic mass is 10.5. The van der Waals surface area contributed by atoms with Gasteiger partial charge in [-0.2, -0.15) is 0 Å². The Hall–Kier alpha value is -1.26. The minimum Gasteiger partial charge on any atom is -0.377 e. The molecule has 0 aromatic heterocycles. The molecule has 2 amide bonds. The summed E-state index contributed by atoms with van der Waals surface area (Å²) in [6, 6.07) is 0. The van der Waals surface area contributed by atoms with Gasteiger partial charge in [-0.1, -0.05) is 0 Å². The maximum Gasteiger partial charge on any atom is 0.246 e. The van der Waals surface area contributed by atoms with Crippen molar-refractivity contribution in [3.63, 3.8) is 0 Å². The first-order valence-electron chi connectivity index (χ1n) is 8.96. The van der Waals surface area contributed by atoms with Crippen molar-refractivity contribution in [2.75, 3.05) is 72.6 Å². The number of amides is 2. The van der Waals surface area contributed by atoms with Crippen molar-refractivity contribution in [1.29, 1.82) is 0 Å². The summed E-state index contributed by atoms with van der Waals surface area (Å²) in [5.74, 6) is -0.207. The van der Waals surface area contributed by atoms with Crippen LogP contribution in [-0.4, -0.2) is 90.5 Å². The molecule has 26 heavy (non-hydrogen) atoms. The fourth-order valence-corrected chi connectivity index (χ4v) is 1.62. The lowest BCUT2D eigenvalue weighted by molar-refractivity contribution is -0.127. The van der Waals surface area contributed by atoms with Crippen molar-refractivity contribution in [1.82, 2.24) is 10.6 Å². The zero-order valence-corrected chi connectivity index (χ0v) is 16.2. The minimum absolute atomic E-state index is 0.0423. The van der Waals surface area contributed by atoms with E-state index in [2.05, 4.69) is 10.6 Å². The van der Waals surface area contributed by atoms with Gasteiger partial charge in [-0.25, -0.2) is 0 Å². The molecule has 0 aromatic rings. The summed E-state index contributed by atoms with van der Waals surface area (Å²) in [5.41, 5.74) is 0. The van der Waals surface area contributed by atoms with Gasteiger partial charge in [0, 0.05) is 20.0 Å². The number of rotatable bonds is 18. The number of carbonyl (C=O) groups is 2. The lowest BCUT2D eigenvalue weighted by Gasteiger charge is -2.09. The maximum atomic E-state index is 11.4. The van der Waals surface area contributed by atoms with E-state index in [1.165, 1.54) is 6.92 Å². The van der Waals surface area contributed by atoms with Crippen LogP contribution in [0.3, 0.4) is 0 Å². The molecule has 9 nitrogen and oxygen atoms in total. The van der Waals surface area contributed by atoms with E-state index < -0.39 is 0 Å². The Kier molecular flexibility index (Phi) is 17.6. The highest BCUT2D eigenvalue weighted by atomic mass is 16.6. The summed E-state index contributed by atoms with van der Waals surface area (Å²) in [6.07, 6.45) is 0.0423. The standard InChI is InChI=1S/C17H34N2O7/c1-15(2)26-14-17(21)19-5-7-23-9-11-25-13-12-24-10-8-22-6-4-18-16(3)20/h15H,4-14H2,1-3H3,(H,18,20)(H,19,21). The zero-order valence-electron chi connectivity index (χ0n) is 16.2. The molecule has 0 aromatic carbocycles. The van der Waals surface area contributed by atoms with Gasteiger partial charge in [0.2, 0.25) is 11.8 Å². The van der Waals surface area contributed by atoms with Gasteiger partial charge < -0.3 is 34.3 Å². The Morgan fingerprint density at radius 1 is 0.731 bits per heavy atom. The second-order valence-electron chi connectivity index (χ2n) is 5.64. The molecule has 0 bridgehead atoms. The third-order valence-electron chi connectivity index (χ3n) is 2.85. The van der Waals surface area contributed by atoms with Gasteiger partial charge in [-0.05, 0) is 13.8 Å². The Labute approximate surface area is 156 Å². The van der Waals surface area contributed by atoms with Crippen molar-refractivity contribution in [2.24, 2.45) is 0 Å². The van der Waals surface area contributed by atoms with Gasteiger partial charge in [0.1, 0.15) is 6.61 Å². The highest BCUT2D eigenvalue weighted by Crippen LogP contribution is 1.86. The summed E-state index contributed by atoms with van der Waals surface area (Å²) >= 11 is 0. The van der Waals surface area contributed by atoms with Crippen molar-refractivity contribution >= 4 is 11.8 Å². The average molecular weight is 378 g/mol. The van der Waals surface area contributed by atoms with Gasteiger partial charge in [-0.15, -0.1) is 0 Å². The van der Waals surface area contributed by atoms with Crippen LogP contribution in [0.5, 0.6) is 0 Å². The normalized spacial score (nSPS) is 10.9. The molecule has 0 aliphatic rings. The van der Waals surface area contributed by atoms with Crippen molar-refractivity contribution in [3.05, 3.63) is 0 Å². The summed E-state index contributed by atoms with van der Waals surface area (Å²) in [5, 5.41) is 5.35. The molecule has 2 N–H and O–H groups in total. The molecule has 0 saturated heterocycles. The number of nitrogens with one attached hydrogen (secondary N) is 2. The van der Waals surface area contributed by atoms with Gasteiger partial charge in [0.15, 0.2) is 0 Å². The molecule has 0 atom stereocenters. The Morgan fingerprint density at radius 3 is 1.58 bits per heavy atom. The molecule has 0 radical (unpaired) electrons. The molecule has 154 valence electrons. The monoisotopic (exact) mass is 378 g/mol. The Morgan fingerprint density at radius 2 is 1.15 bits per heavy atom. The maximum absolute atomic E-state index is 11.4. The molecule has 0 unspecified atom stereocenters. The largest absolute Gasteiger partial charge is 0.377 e. The van der Waals surface area contributed by atoms with E-state index in [-0.39, 0.29) is 24.5 Å². The molecule has 0 aliphatic heterocycles. The molecule has 0 saturated carbocycles. The number of ether oxygens (including phenoxy) is 5. The predicted octanol–water partition coefficient (Wildman–Crippen LogP) is -0.270. The molecule has 0 heterocycles. The van der Waals surface area contributed by atoms with Crippen molar-refractivity contribution in [2.45, 2.75) is 26.9 Å². The van der Waals surface area contributed by atoms with E-state index in [1.54, 1.807) is 0 Å². The SMILES string of the molecule is CC(=O)NCCOCCOCCOCCOCCNC(=O)COC(C)C. The zero-order chi connectivity index (χ0) is 19.5. The van der Waals surface area contributed by atoms with Gasteiger partial charge >= 0.3 is 0 Å². The van der Waals surface area contributed by atoms with E-state index in [1.807, 2.05) is 13.8 Å². The molecular formula is C17H34N2O7. The first-order chi connectivity index (χ1) is 12.5. The van der Waals surface area contributed by atoms with Crippen LogP contribution in [0, 0.1) is 0 Å². The Balaban J connectivity index is 3.11. The van der Waals surface area contributed by atoms with Crippen LogP contribution in [0.1, 0.15) is 20.8 Å². The van der Waals surface area contributed by atoms with Crippen LogP contribution < -0.4 is 10.6 Å². The highest BCUT2D eigenvalue weighted by Gasteiger charge is 2.02. The Bertz CT molecular complexity index is 354. The first kappa shape index (κ1) is 24.7. The van der Waals surface area contributed by atoms with Crippen LogP contribution >= 0.6 is 0 Å². The molecule has 9 heteroatoms. The summed E-state index contributed by atoms with van der Waals surface area (Å²) in [6.45, 7) is 10.0. The second kappa shape index (κ2) is 18.5. The van der Waals surface area contributed by atoms with Gasteiger partial charge in [0.05, 0.1) is 59.0 Å². The minimum atomic E-state index is -0.144. The molecular weight excluding hydrogens is 344 g/mol. The van der Waals surface area contributed by atoms with Gasteiger partial charge in [0.25, 0.3) is 0 Å². The lowest BCUT2D eigenvalue weighted by Crippen LogP contribution is -2.31. The topological polar surface area (TPSA) is 104 Å². The quantitative estimate of drug-likeness (QED) is 0.316. The van der Waals surface area contributed by atoms with E-state index >= 15 is 0 Å². The van der Waals surface area contributed by atoms with Crippen LogP contribution in [-0.2, 0) is 33.3 Å². The second-order valence-corrected chi connectivity index (χ2v) is 5.64. The number of hydrogen-bond donors (Lipinski definition) is 2. The number of hydrogen-bond acceptors (Lipinski definition) is 7. The van der Waals surface area contributed by atoms with Crippen LogP contribution in [0.15, 0.2) is 0 Å². The van der Waals surface area contributed by atoms with Gasteiger partial charge in [-0.3, -0.25) is 9.59 Å². The van der Waals surface area contributed by atoms with Crippen molar-refractivity contribution in [3.8, 4) is 0 Å². The summed E-state index contributed by atoms with van der Waals surface area (Å²) in [7, 11) is 0. The van der Waals surface area contributed by atoms with Crippen molar-refractivity contribution < 1.29 is 33.3 Å². The fraction of sp³-hybridized carbons (Fsp3) is 0.882. The van der Waals surface area contributed by atoms with E-state index in [9.17, 15) is 9.59 Å². The number of carbonyl (C=O) groups excluding carboxylic acids is 2. The van der Waals surface area contributed by atoms with Crippen LogP contribution in [0.4, 0.5) is 0 Å². The first-order valence-corrected chi connectivity index (χ1v) is 8.96. The van der Waals surface area contributed by atoms with E-state index in [4.69, 9.17) is 23.7 Å². The average Bonchev–Trinajstić information content (AvgIpc) is 2.59. The third kappa shape index (κ3) is 20.8. The van der Waals surface area contributed by atoms with Crippen LogP contribution in [0.2, 0.25) is 0 Å². The molecule has 0 fully saturated rings. The summed E-state index contributed by atoms with van der Waals surface area (Å²) in [4.78, 5) is 22.0.